The van der Waals surface area contributed by atoms with Crippen molar-refractivity contribution in [3.05, 3.63) is 25.3 Å². The molecule has 0 aliphatic heterocycles. The molecule has 0 aromatic rings. The maximum Gasteiger partial charge on any atom is 0.326 e. The number of methoxy groups -OCH3 is 1. The number of hydrogen-bond donors (Lipinski definition) is 2. The minimum Gasteiger partial charge on any atom is -0.480 e. The Morgan fingerprint density at radius 3 is 2.56 bits per heavy atom. The highest BCUT2D eigenvalue weighted by Gasteiger charge is 2.21. The van der Waals surface area contributed by atoms with Gasteiger partial charge in [-0.25, -0.2) is 9.59 Å². The third-order valence-corrected chi connectivity index (χ3v) is 2.20. The number of nitrogens with zero attached hydrogens (tertiary/aromatic N) is 1. The molecule has 6 nitrogen and oxygen atoms in total. The zero-order valence-electron chi connectivity index (χ0n) is 10.6. The second kappa shape index (κ2) is 9.23. The largest absolute Gasteiger partial charge is 0.480 e. The first-order chi connectivity index (χ1) is 8.56. The zero-order valence-corrected chi connectivity index (χ0v) is 10.6. The van der Waals surface area contributed by atoms with Gasteiger partial charge in [-0.1, -0.05) is 12.2 Å². The lowest BCUT2D eigenvalue weighted by molar-refractivity contribution is -0.139. The predicted octanol–water partition coefficient (Wildman–Crippen LogP) is 0.860. The maximum absolute atomic E-state index is 11.8. The average molecular weight is 256 g/mol. The number of rotatable bonds is 9. The van der Waals surface area contributed by atoms with E-state index in [1.807, 2.05) is 0 Å². The van der Waals surface area contributed by atoms with Gasteiger partial charge in [0.25, 0.3) is 0 Å². The summed E-state index contributed by atoms with van der Waals surface area (Å²) in [5.74, 6) is -1.09. The molecule has 0 spiro atoms. The van der Waals surface area contributed by atoms with E-state index in [2.05, 4.69) is 18.5 Å². The van der Waals surface area contributed by atoms with Crippen LogP contribution in [0.4, 0.5) is 4.79 Å². The topological polar surface area (TPSA) is 78.9 Å². The molecule has 102 valence electrons. The van der Waals surface area contributed by atoms with E-state index in [0.29, 0.717) is 19.7 Å². The van der Waals surface area contributed by atoms with Crippen molar-refractivity contribution in [3.8, 4) is 0 Å². The van der Waals surface area contributed by atoms with Crippen LogP contribution in [0.25, 0.3) is 0 Å². The zero-order chi connectivity index (χ0) is 14.0. The fourth-order valence-corrected chi connectivity index (χ4v) is 1.26. The number of amides is 2. The minimum absolute atomic E-state index is 0.174. The Labute approximate surface area is 107 Å². The molecule has 1 unspecified atom stereocenters. The van der Waals surface area contributed by atoms with E-state index in [1.54, 1.807) is 6.08 Å². The van der Waals surface area contributed by atoms with Gasteiger partial charge in [0.2, 0.25) is 0 Å². The summed E-state index contributed by atoms with van der Waals surface area (Å²) >= 11 is 0. The van der Waals surface area contributed by atoms with Gasteiger partial charge < -0.3 is 20.1 Å². The second-order valence-electron chi connectivity index (χ2n) is 3.59. The van der Waals surface area contributed by atoms with Crippen LogP contribution in [0.1, 0.15) is 6.42 Å². The van der Waals surface area contributed by atoms with E-state index in [4.69, 9.17) is 9.84 Å². The molecule has 0 bridgehead atoms. The molecule has 0 radical (unpaired) electrons. The number of carbonyl (C=O) groups excluding carboxylic acids is 1. The van der Waals surface area contributed by atoms with Gasteiger partial charge in [0, 0.05) is 20.2 Å². The van der Waals surface area contributed by atoms with Crippen LogP contribution in [-0.4, -0.2) is 54.9 Å². The summed E-state index contributed by atoms with van der Waals surface area (Å²) in [6.45, 7) is 8.08. The quantitative estimate of drug-likeness (QED) is 0.600. The number of urea groups is 1. The molecule has 2 N–H and O–H groups in total. The first-order valence-electron chi connectivity index (χ1n) is 5.55. The summed E-state index contributed by atoms with van der Waals surface area (Å²) < 4.78 is 4.88. The molecule has 2 amide bonds. The standard InChI is InChI=1S/C12H20N2O4/c1-4-6-10(11(15)16)13-12(17)14(7-5-2)8-9-18-3/h4-5,10H,1-2,6-9H2,3H3,(H,13,17)(H,15,16). The summed E-state index contributed by atoms with van der Waals surface area (Å²) in [4.78, 5) is 24.2. The van der Waals surface area contributed by atoms with Crippen molar-refractivity contribution in [2.45, 2.75) is 12.5 Å². The summed E-state index contributed by atoms with van der Waals surface area (Å²) in [5.41, 5.74) is 0. The molecular formula is C12H20N2O4. The molecule has 6 heteroatoms. The lowest BCUT2D eigenvalue weighted by Crippen LogP contribution is -2.48. The van der Waals surface area contributed by atoms with E-state index < -0.39 is 18.0 Å². The Morgan fingerprint density at radius 1 is 1.44 bits per heavy atom. The summed E-state index contributed by atoms with van der Waals surface area (Å²) in [6.07, 6.45) is 3.19. The van der Waals surface area contributed by atoms with Gasteiger partial charge in [-0.15, -0.1) is 13.2 Å². The van der Waals surface area contributed by atoms with Gasteiger partial charge >= 0.3 is 12.0 Å². The molecule has 18 heavy (non-hydrogen) atoms. The van der Waals surface area contributed by atoms with E-state index in [9.17, 15) is 9.59 Å². The minimum atomic E-state index is -1.09. The Balaban J connectivity index is 4.49. The highest BCUT2D eigenvalue weighted by atomic mass is 16.5. The highest BCUT2D eigenvalue weighted by molar-refractivity contribution is 5.82. The monoisotopic (exact) mass is 256 g/mol. The third-order valence-electron chi connectivity index (χ3n) is 2.20. The molecule has 0 heterocycles. The fourth-order valence-electron chi connectivity index (χ4n) is 1.26. The van der Waals surface area contributed by atoms with Crippen LogP contribution < -0.4 is 5.32 Å². The number of hydrogen-bond acceptors (Lipinski definition) is 3. The Hall–Kier alpha value is -1.82. The lowest BCUT2D eigenvalue weighted by Gasteiger charge is -2.23. The molecule has 0 fully saturated rings. The Morgan fingerprint density at radius 2 is 2.11 bits per heavy atom. The molecule has 0 rings (SSSR count). The van der Waals surface area contributed by atoms with Crippen LogP contribution in [-0.2, 0) is 9.53 Å². The molecule has 0 saturated heterocycles. The molecule has 0 saturated carbocycles. The van der Waals surface area contributed by atoms with Crippen molar-refractivity contribution in [1.82, 2.24) is 10.2 Å². The first kappa shape index (κ1) is 16.2. The van der Waals surface area contributed by atoms with E-state index in [0.717, 1.165) is 0 Å². The third kappa shape index (κ3) is 6.05. The van der Waals surface area contributed by atoms with Crippen LogP contribution in [0.3, 0.4) is 0 Å². The van der Waals surface area contributed by atoms with Gasteiger partial charge in [-0.3, -0.25) is 0 Å². The smallest absolute Gasteiger partial charge is 0.326 e. The van der Waals surface area contributed by atoms with Gasteiger partial charge in [0.15, 0.2) is 0 Å². The van der Waals surface area contributed by atoms with Crippen LogP contribution in [0, 0.1) is 0 Å². The van der Waals surface area contributed by atoms with Crippen molar-refractivity contribution >= 4 is 12.0 Å². The molecule has 0 aliphatic rings. The van der Waals surface area contributed by atoms with Crippen molar-refractivity contribution in [2.75, 3.05) is 26.8 Å². The van der Waals surface area contributed by atoms with E-state index in [-0.39, 0.29) is 6.42 Å². The van der Waals surface area contributed by atoms with Crippen molar-refractivity contribution in [1.29, 1.82) is 0 Å². The van der Waals surface area contributed by atoms with E-state index in [1.165, 1.54) is 18.1 Å². The average Bonchev–Trinajstić information content (AvgIpc) is 2.33. The molecule has 0 aliphatic carbocycles. The molecule has 0 aromatic carbocycles. The van der Waals surface area contributed by atoms with Gasteiger partial charge in [-0.05, 0) is 6.42 Å². The summed E-state index contributed by atoms with van der Waals surface area (Å²) in [5, 5.41) is 11.3. The van der Waals surface area contributed by atoms with E-state index >= 15 is 0 Å². The summed E-state index contributed by atoms with van der Waals surface area (Å²) in [6, 6.07) is -1.42. The number of aliphatic carboxylic acids is 1. The normalized spacial score (nSPS) is 11.4. The van der Waals surface area contributed by atoms with Gasteiger partial charge in [0.05, 0.1) is 6.61 Å². The van der Waals surface area contributed by atoms with Crippen LogP contribution in [0.2, 0.25) is 0 Å². The fraction of sp³-hybridized carbons (Fsp3) is 0.500. The Kier molecular flexibility index (Phi) is 8.30. The number of carbonyl (C=O) groups is 2. The van der Waals surface area contributed by atoms with Crippen molar-refractivity contribution < 1.29 is 19.4 Å². The van der Waals surface area contributed by atoms with Crippen LogP contribution in [0.15, 0.2) is 25.3 Å². The van der Waals surface area contributed by atoms with Crippen molar-refractivity contribution in [2.24, 2.45) is 0 Å². The number of nitrogens with one attached hydrogen (secondary N) is 1. The summed E-state index contributed by atoms with van der Waals surface area (Å²) in [7, 11) is 1.53. The SMILES string of the molecule is C=CCC(NC(=O)N(CC=C)CCOC)C(=O)O. The first-order valence-corrected chi connectivity index (χ1v) is 5.55. The number of carboxylic acids is 1. The highest BCUT2D eigenvalue weighted by Crippen LogP contribution is 1.97. The molecular weight excluding hydrogens is 236 g/mol. The van der Waals surface area contributed by atoms with Crippen molar-refractivity contribution in [3.63, 3.8) is 0 Å². The Bertz CT molecular complexity index is 304. The number of carboxylic acid groups (broad SMARTS) is 1. The second-order valence-corrected chi connectivity index (χ2v) is 3.59. The van der Waals surface area contributed by atoms with Crippen LogP contribution in [0.5, 0.6) is 0 Å². The van der Waals surface area contributed by atoms with Gasteiger partial charge in [0.1, 0.15) is 6.04 Å². The predicted molar refractivity (Wildman–Crippen MR) is 68.4 cm³/mol. The molecule has 1 atom stereocenters. The van der Waals surface area contributed by atoms with Gasteiger partial charge in [-0.2, -0.15) is 0 Å². The molecule has 0 aromatic heterocycles. The maximum atomic E-state index is 11.8. The lowest BCUT2D eigenvalue weighted by atomic mass is 10.2. The number of ether oxygens (including phenoxy) is 1. The van der Waals surface area contributed by atoms with Crippen LogP contribution >= 0.6 is 0 Å².